The maximum Gasteiger partial charge on any atom is 0.227 e. The molecule has 0 atom stereocenters. The molecular formula is C13H26N2O. The van der Waals surface area contributed by atoms with E-state index in [2.05, 4.69) is 12.2 Å². The van der Waals surface area contributed by atoms with Crippen LogP contribution in [-0.2, 0) is 4.79 Å². The van der Waals surface area contributed by atoms with Crippen molar-refractivity contribution < 1.29 is 4.79 Å². The highest BCUT2D eigenvalue weighted by molar-refractivity contribution is 5.82. The second-order valence-corrected chi connectivity index (χ2v) is 5.54. The Kier molecular flexibility index (Phi) is 4.36. The molecular weight excluding hydrogens is 200 g/mol. The lowest BCUT2D eigenvalue weighted by atomic mass is 9.70. The fourth-order valence-corrected chi connectivity index (χ4v) is 2.39. The van der Waals surface area contributed by atoms with Gasteiger partial charge in [-0.1, -0.05) is 27.2 Å². The molecule has 0 saturated heterocycles. The summed E-state index contributed by atoms with van der Waals surface area (Å²) in [6.45, 7) is 7.59. The molecule has 0 aromatic carbocycles. The van der Waals surface area contributed by atoms with Gasteiger partial charge >= 0.3 is 0 Å². The van der Waals surface area contributed by atoms with E-state index >= 15 is 0 Å². The maximum absolute atomic E-state index is 12.2. The molecule has 3 heteroatoms. The van der Waals surface area contributed by atoms with Crippen molar-refractivity contribution >= 4 is 5.91 Å². The number of carbonyl (C=O) groups is 1. The van der Waals surface area contributed by atoms with Crippen LogP contribution in [0.1, 0.15) is 52.9 Å². The normalized spacial score (nSPS) is 19.0. The third-order valence-corrected chi connectivity index (χ3v) is 4.46. The molecule has 1 aliphatic rings. The Labute approximate surface area is 99.2 Å². The van der Waals surface area contributed by atoms with Crippen molar-refractivity contribution in [2.24, 2.45) is 16.6 Å². The molecule has 0 heterocycles. The van der Waals surface area contributed by atoms with Crippen LogP contribution in [0.5, 0.6) is 0 Å². The van der Waals surface area contributed by atoms with E-state index in [1.807, 2.05) is 13.8 Å². The minimum atomic E-state index is -0.347. The van der Waals surface area contributed by atoms with E-state index in [1.165, 1.54) is 19.3 Å². The Balaban J connectivity index is 2.49. The molecule has 94 valence electrons. The molecule has 0 aromatic heterocycles. The van der Waals surface area contributed by atoms with Gasteiger partial charge in [0, 0.05) is 13.1 Å². The summed E-state index contributed by atoms with van der Waals surface area (Å²) in [6.07, 6.45) is 5.42. The van der Waals surface area contributed by atoms with E-state index in [1.54, 1.807) is 0 Å². The Morgan fingerprint density at radius 3 is 2.25 bits per heavy atom. The molecule has 0 unspecified atom stereocenters. The predicted octanol–water partition coefficient (Wildman–Crippen LogP) is 2.06. The van der Waals surface area contributed by atoms with E-state index in [-0.39, 0.29) is 11.3 Å². The first kappa shape index (κ1) is 13.5. The fraction of sp³-hybridized carbons (Fsp3) is 0.923. The van der Waals surface area contributed by atoms with E-state index in [0.717, 1.165) is 19.4 Å². The fourth-order valence-electron chi connectivity index (χ4n) is 2.39. The second-order valence-electron chi connectivity index (χ2n) is 5.54. The summed E-state index contributed by atoms with van der Waals surface area (Å²) in [7, 11) is 0. The van der Waals surface area contributed by atoms with Gasteiger partial charge in [-0.2, -0.15) is 0 Å². The van der Waals surface area contributed by atoms with Gasteiger partial charge in [-0.05, 0) is 31.1 Å². The monoisotopic (exact) mass is 226 g/mol. The van der Waals surface area contributed by atoms with Gasteiger partial charge in [0.1, 0.15) is 0 Å². The number of rotatable bonds is 6. The van der Waals surface area contributed by atoms with Gasteiger partial charge in [-0.15, -0.1) is 0 Å². The minimum Gasteiger partial charge on any atom is -0.355 e. The summed E-state index contributed by atoms with van der Waals surface area (Å²) in [6, 6.07) is 0. The number of carbonyl (C=O) groups excluding carboxylic acids is 1. The molecule has 1 saturated carbocycles. The summed E-state index contributed by atoms with van der Waals surface area (Å²) in [4.78, 5) is 12.2. The standard InChI is InChI=1S/C13H26N2O/c1-4-13(5-2,9-14)11(16)15-10-12(3)7-6-8-12/h4-10,14H2,1-3H3,(H,15,16). The van der Waals surface area contributed by atoms with Crippen LogP contribution in [-0.4, -0.2) is 19.0 Å². The van der Waals surface area contributed by atoms with Crippen molar-refractivity contribution in [3.63, 3.8) is 0 Å². The van der Waals surface area contributed by atoms with Crippen LogP contribution in [0.2, 0.25) is 0 Å². The second kappa shape index (κ2) is 5.17. The van der Waals surface area contributed by atoms with Crippen molar-refractivity contribution in [3.05, 3.63) is 0 Å². The Morgan fingerprint density at radius 2 is 1.94 bits per heavy atom. The van der Waals surface area contributed by atoms with E-state index in [9.17, 15) is 4.79 Å². The van der Waals surface area contributed by atoms with Crippen LogP contribution in [0.25, 0.3) is 0 Å². The highest BCUT2D eigenvalue weighted by Gasteiger charge is 2.36. The van der Waals surface area contributed by atoms with Crippen LogP contribution in [0.15, 0.2) is 0 Å². The Hall–Kier alpha value is -0.570. The zero-order chi connectivity index (χ0) is 12.2. The Bertz CT molecular complexity index is 234. The van der Waals surface area contributed by atoms with Gasteiger partial charge in [0.25, 0.3) is 0 Å². The number of nitrogens with two attached hydrogens (primary N) is 1. The minimum absolute atomic E-state index is 0.146. The van der Waals surface area contributed by atoms with Gasteiger partial charge < -0.3 is 11.1 Å². The average molecular weight is 226 g/mol. The average Bonchev–Trinajstić information content (AvgIpc) is 2.27. The highest BCUT2D eigenvalue weighted by Crippen LogP contribution is 2.39. The largest absolute Gasteiger partial charge is 0.355 e. The lowest BCUT2D eigenvalue weighted by Gasteiger charge is -2.39. The molecule has 1 amide bonds. The predicted molar refractivity (Wildman–Crippen MR) is 67.0 cm³/mol. The van der Waals surface area contributed by atoms with Gasteiger partial charge in [-0.25, -0.2) is 0 Å². The van der Waals surface area contributed by atoms with Crippen LogP contribution in [0.4, 0.5) is 0 Å². The molecule has 0 spiro atoms. The van der Waals surface area contributed by atoms with Gasteiger partial charge in [0.05, 0.1) is 5.41 Å². The number of hydrogen-bond donors (Lipinski definition) is 2. The summed E-state index contributed by atoms with van der Waals surface area (Å²) in [5.41, 5.74) is 5.75. The smallest absolute Gasteiger partial charge is 0.227 e. The van der Waals surface area contributed by atoms with Crippen LogP contribution < -0.4 is 11.1 Å². The summed E-state index contributed by atoms with van der Waals surface area (Å²) >= 11 is 0. The molecule has 16 heavy (non-hydrogen) atoms. The lowest BCUT2D eigenvalue weighted by Crippen LogP contribution is -2.49. The van der Waals surface area contributed by atoms with E-state index in [0.29, 0.717) is 12.0 Å². The highest BCUT2D eigenvalue weighted by atomic mass is 16.2. The van der Waals surface area contributed by atoms with Crippen molar-refractivity contribution in [2.45, 2.75) is 52.9 Å². The molecule has 0 bridgehead atoms. The number of nitrogens with one attached hydrogen (secondary N) is 1. The van der Waals surface area contributed by atoms with Crippen molar-refractivity contribution in [1.29, 1.82) is 0 Å². The number of amides is 1. The Morgan fingerprint density at radius 1 is 1.38 bits per heavy atom. The first-order valence-corrected chi connectivity index (χ1v) is 6.50. The zero-order valence-electron chi connectivity index (χ0n) is 10.9. The van der Waals surface area contributed by atoms with Crippen molar-refractivity contribution in [2.75, 3.05) is 13.1 Å². The van der Waals surface area contributed by atoms with Crippen LogP contribution >= 0.6 is 0 Å². The molecule has 3 nitrogen and oxygen atoms in total. The molecule has 3 N–H and O–H groups in total. The zero-order valence-corrected chi connectivity index (χ0v) is 10.9. The van der Waals surface area contributed by atoms with Crippen LogP contribution in [0.3, 0.4) is 0 Å². The third-order valence-electron chi connectivity index (χ3n) is 4.46. The van der Waals surface area contributed by atoms with Gasteiger partial charge in [0.15, 0.2) is 0 Å². The molecule has 0 aliphatic heterocycles. The molecule has 0 radical (unpaired) electrons. The molecule has 1 fully saturated rings. The summed E-state index contributed by atoms with van der Waals surface area (Å²) in [5, 5.41) is 3.10. The summed E-state index contributed by atoms with van der Waals surface area (Å²) in [5.74, 6) is 0.146. The quantitative estimate of drug-likeness (QED) is 0.728. The SMILES string of the molecule is CCC(CC)(CN)C(=O)NCC1(C)CCC1. The molecule has 0 aromatic rings. The van der Waals surface area contributed by atoms with Gasteiger partial charge in [0.2, 0.25) is 5.91 Å². The van der Waals surface area contributed by atoms with Crippen molar-refractivity contribution in [3.8, 4) is 0 Å². The topological polar surface area (TPSA) is 55.1 Å². The maximum atomic E-state index is 12.2. The summed E-state index contributed by atoms with van der Waals surface area (Å²) < 4.78 is 0. The lowest BCUT2D eigenvalue weighted by molar-refractivity contribution is -0.131. The third kappa shape index (κ3) is 2.57. The van der Waals surface area contributed by atoms with Crippen LogP contribution in [0, 0.1) is 10.8 Å². The van der Waals surface area contributed by atoms with E-state index < -0.39 is 0 Å². The van der Waals surface area contributed by atoms with Crippen molar-refractivity contribution in [1.82, 2.24) is 5.32 Å². The molecule has 1 aliphatic carbocycles. The van der Waals surface area contributed by atoms with E-state index in [4.69, 9.17) is 5.73 Å². The van der Waals surface area contributed by atoms with Gasteiger partial charge in [-0.3, -0.25) is 4.79 Å². The first-order chi connectivity index (χ1) is 7.52. The number of hydrogen-bond acceptors (Lipinski definition) is 2. The molecule has 1 rings (SSSR count). The first-order valence-electron chi connectivity index (χ1n) is 6.50.